The number of hydrogen-bond acceptors (Lipinski definition) is 5. The Morgan fingerprint density at radius 2 is 1.84 bits per heavy atom. The van der Waals surface area contributed by atoms with Crippen LogP contribution in [0.2, 0.25) is 0 Å². The van der Waals surface area contributed by atoms with Crippen LogP contribution in [-0.4, -0.2) is 40.0 Å². The smallest absolute Gasteiger partial charge is 0.252 e. The van der Waals surface area contributed by atoms with E-state index in [1.165, 1.54) is 16.9 Å². The molecule has 1 aliphatic heterocycles. The molecule has 7 heteroatoms. The van der Waals surface area contributed by atoms with Crippen LogP contribution in [0.15, 0.2) is 39.9 Å². The highest BCUT2D eigenvalue weighted by Gasteiger charge is 2.30. The minimum atomic E-state index is -3.32. The molecule has 0 N–H and O–H groups in total. The molecule has 2 heterocycles. The molecule has 0 spiro atoms. The largest absolute Gasteiger partial charge is 0.493 e. The molecule has 5 nitrogen and oxygen atoms in total. The van der Waals surface area contributed by atoms with Gasteiger partial charge >= 0.3 is 0 Å². The third-order valence-electron chi connectivity index (χ3n) is 4.64. The summed E-state index contributed by atoms with van der Waals surface area (Å²) in [5.74, 6) is 1.94. The Balaban J connectivity index is 1.61. The molecule has 0 unspecified atom stereocenters. The van der Waals surface area contributed by atoms with E-state index in [0.29, 0.717) is 23.2 Å². The standard InChI is InChI=1S/C18H23NO4S2/c1-22-16-6-5-15(13-17(16)23-2)12-14-7-9-19(10-8-14)25(20,21)18-4-3-11-24-18/h3-6,11,13-14H,7-10,12H2,1-2H3. The van der Waals surface area contributed by atoms with Crippen LogP contribution in [0.3, 0.4) is 0 Å². The molecular formula is C18H23NO4S2. The van der Waals surface area contributed by atoms with Gasteiger partial charge in [0.15, 0.2) is 11.5 Å². The highest BCUT2D eigenvalue weighted by Crippen LogP contribution is 2.31. The molecule has 1 aliphatic rings. The number of piperidine rings is 1. The molecule has 0 amide bonds. The van der Waals surface area contributed by atoms with E-state index in [9.17, 15) is 8.42 Å². The van der Waals surface area contributed by atoms with Crippen LogP contribution in [0.1, 0.15) is 18.4 Å². The number of hydrogen-bond donors (Lipinski definition) is 0. The van der Waals surface area contributed by atoms with Crippen LogP contribution < -0.4 is 9.47 Å². The summed E-state index contributed by atoms with van der Waals surface area (Å²) in [6, 6.07) is 9.44. The Morgan fingerprint density at radius 1 is 1.12 bits per heavy atom. The SMILES string of the molecule is COc1ccc(CC2CCN(S(=O)(=O)c3cccs3)CC2)cc1OC. The van der Waals surface area contributed by atoms with Crippen molar-refractivity contribution in [3.8, 4) is 11.5 Å². The van der Waals surface area contributed by atoms with Gasteiger partial charge in [-0.2, -0.15) is 4.31 Å². The fourth-order valence-electron chi connectivity index (χ4n) is 3.23. The Hall–Kier alpha value is -1.57. The van der Waals surface area contributed by atoms with E-state index >= 15 is 0 Å². The Labute approximate surface area is 153 Å². The average Bonchev–Trinajstić information content (AvgIpc) is 3.17. The molecule has 3 rings (SSSR count). The lowest BCUT2D eigenvalue weighted by molar-refractivity contribution is 0.273. The van der Waals surface area contributed by atoms with Crippen LogP contribution in [0.4, 0.5) is 0 Å². The lowest BCUT2D eigenvalue weighted by Crippen LogP contribution is -2.38. The van der Waals surface area contributed by atoms with E-state index in [2.05, 4.69) is 6.07 Å². The summed E-state index contributed by atoms with van der Waals surface area (Å²) in [7, 11) is -0.0586. The first-order valence-corrected chi connectivity index (χ1v) is 10.6. The van der Waals surface area contributed by atoms with Gasteiger partial charge in [0.25, 0.3) is 10.0 Å². The number of sulfonamides is 1. The van der Waals surface area contributed by atoms with E-state index in [-0.39, 0.29) is 0 Å². The lowest BCUT2D eigenvalue weighted by Gasteiger charge is -2.31. The van der Waals surface area contributed by atoms with Crippen molar-refractivity contribution in [2.45, 2.75) is 23.5 Å². The number of benzene rings is 1. The van der Waals surface area contributed by atoms with Crippen molar-refractivity contribution in [1.29, 1.82) is 0 Å². The van der Waals surface area contributed by atoms with Crippen molar-refractivity contribution in [3.63, 3.8) is 0 Å². The first-order valence-electron chi connectivity index (χ1n) is 8.29. The molecule has 136 valence electrons. The van der Waals surface area contributed by atoms with E-state index in [1.807, 2.05) is 12.1 Å². The lowest BCUT2D eigenvalue weighted by atomic mass is 9.91. The van der Waals surface area contributed by atoms with Crippen LogP contribution in [0, 0.1) is 5.92 Å². The highest BCUT2D eigenvalue weighted by atomic mass is 32.2. The first kappa shape index (κ1) is 18.2. The summed E-state index contributed by atoms with van der Waals surface area (Å²) < 4.78 is 37.8. The quantitative estimate of drug-likeness (QED) is 0.769. The van der Waals surface area contributed by atoms with Gasteiger partial charge in [0.05, 0.1) is 14.2 Å². The molecule has 0 atom stereocenters. The summed E-state index contributed by atoms with van der Waals surface area (Å²) >= 11 is 1.28. The molecule has 0 radical (unpaired) electrons. The summed E-state index contributed by atoms with van der Waals surface area (Å²) in [4.78, 5) is 0. The monoisotopic (exact) mass is 381 g/mol. The molecule has 25 heavy (non-hydrogen) atoms. The fraction of sp³-hybridized carbons (Fsp3) is 0.444. The van der Waals surface area contributed by atoms with Gasteiger partial charge in [-0.3, -0.25) is 0 Å². The van der Waals surface area contributed by atoms with Gasteiger partial charge in [0, 0.05) is 13.1 Å². The van der Waals surface area contributed by atoms with Crippen molar-refractivity contribution in [2.75, 3.05) is 27.3 Å². The van der Waals surface area contributed by atoms with Crippen molar-refractivity contribution < 1.29 is 17.9 Å². The maximum absolute atomic E-state index is 12.6. The van der Waals surface area contributed by atoms with Crippen molar-refractivity contribution >= 4 is 21.4 Å². The maximum atomic E-state index is 12.6. The van der Waals surface area contributed by atoms with Gasteiger partial charge < -0.3 is 9.47 Å². The van der Waals surface area contributed by atoms with Crippen molar-refractivity contribution in [2.24, 2.45) is 5.92 Å². The molecule has 1 fully saturated rings. The second-order valence-corrected chi connectivity index (χ2v) is 9.29. The summed E-state index contributed by atoms with van der Waals surface area (Å²) in [5.41, 5.74) is 1.19. The predicted octanol–water partition coefficient (Wildman–Crippen LogP) is 3.41. The Bertz CT molecular complexity index is 794. The van der Waals surface area contributed by atoms with E-state index in [1.54, 1.807) is 36.0 Å². The Kier molecular flexibility index (Phi) is 5.66. The maximum Gasteiger partial charge on any atom is 0.252 e. The van der Waals surface area contributed by atoms with Gasteiger partial charge in [0.2, 0.25) is 0 Å². The third kappa shape index (κ3) is 3.99. The predicted molar refractivity (Wildman–Crippen MR) is 99.1 cm³/mol. The number of ether oxygens (including phenoxy) is 2. The number of nitrogens with zero attached hydrogens (tertiary/aromatic N) is 1. The number of rotatable bonds is 6. The van der Waals surface area contributed by atoms with E-state index in [0.717, 1.165) is 30.8 Å². The summed E-state index contributed by atoms with van der Waals surface area (Å²) in [6.07, 6.45) is 2.67. The van der Waals surface area contributed by atoms with Crippen molar-refractivity contribution in [3.05, 3.63) is 41.3 Å². The summed E-state index contributed by atoms with van der Waals surface area (Å²) in [5, 5.41) is 1.80. The molecule has 0 saturated carbocycles. The number of methoxy groups -OCH3 is 2. The topological polar surface area (TPSA) is 55.8 Å². The molecule has 2 aromatic rings. The van der Waals surface area contributed by atoms with Crippen LogP contribution in [0.25, 0.3) is 0 Å². The number of thiophene rings is 1. The van der Waals surface area contributed by atoms with Gasteiger partial charge in [-0.1, -0.05) is 12.1 Å². The van der Waals surface area contributed by atoms with Crippen LogP contribution in [-0.2, 0) is 16.4 Å². The van der Waals surface area contributed by atoms with Gasteiger partial charge in [-0.05, 0) is 54.3 Å². The Morgan fingerprint density at radius 3 is 2.44 bits per heavy atom. The molecule has 1 saturated heterocycles. The minimum Gasteiger partial charge on any atom is -0.493 e. The van der Waals surface area contributed by atoms with Crippen molar-refractivity contribution in [1.82, 2.24) is 4.31 Å². The zero-order valence-corrected chi connectivity index (χ0v) is 16.1. The normalized spacial score (nSPS) is 16.7. The average molecular weight is 382 g/mol. The fourth-order valence-corrected chi connectivity index (χ4v) is 5.85. The minimum absolute atomic E-state index is 0.436. The molecule has 0 bridgehead atoms. The zero-order valence-electron chi connectivity index (χ0n) is 14.5. The van der Waals surface area contributed by atoms with Crippen LogP contribution >= 0.6 is 11.3 Å². The third-order valence-corrected chi connectivity index (χ3v) is 7.91. The second-order valence-electron chi connectivity index (χ2n) is 6.17. The molecular weight excluding hydrogens is 358 g/mol. The van der Waals surface area contributed by atoms with Gasteiger partial charge in [-0.15, -0.1) is 11.3 Å². The highest BCUT2D eigenvalue weighted by molar-refractivity contribution is 7.91. The van der Waals surface area contributed by atoms with Gasteiger partial charge in [-0.25, -0.2) is 8.42 Å². The zero-order chi connectivity index (χ0) is 17.9. The van der Waals surface area contributed by atoms with E-state index in [4.69, 9.17) is 9.47 Å². The molecule has 0 aliphatic carbocycles. The van der Waals surface area contributed by atoms with E-state index < -0.39 is 10.0 Å². The second kappa shape index (κ2) is 7.76. The molecule has 1 aromatic carbocycles. The summed E-state index contributed by atoms with van der Waals surface area (Å²) in [6.45, 7) is 1.16. The first-order chi connectivity index (χ1) is 12.0. The molecule has 1 aromatic heterocycles. The van der Waals surface area contributed by atoms with Gasteiger partial charge in [0.1, 0.15) is 4.21 Å². The van der Waals surface area contributed by atoms with Crippen LogP contribution in [0.5, 0.6) is 11.5 Å².